The summed E-state index contributed by atoms with van der Waals surface area (Å²) in [6.07, 6.45) is 4.03. The van der Waals surface area contributed by atoms with Gasteiger partial charge < -0.3 is 10.5 Å². The number of unbranched alkanes of at least 4 members (excludes halogenated alkanes) is 2. The molecule has 4 nitrogen and oxygen atoms in total. The summed E-state index contributed by atoms with van der Waals surface area (Å²) >= 11 is 0. The molecule has 1 aromatic carbocycles. The summed E-state index contributed by atoms with van der Waals surface area (Å²) in [7, 11) is 0. The Morgan fingerprint density at radius 1 is 1.17 bits per heavy atom. The van der Waals surface area contributed by atoms with Crippen LogP contribution in [0.5, 0.6) is 0 Å². The largest absolute Gasteiger partial charge is 0.461 e. The number of benzene rings is 1. The molecule has 122 valence electrons. The second-order valence-corrected chi connectivity index (χ2v) is 5.47. The van der Waals surface area contributed by atoms with Crippen molar-refractivity contribution in [2.45, 2.75) is 39.5 Å². The van der Waals surface area contributed by atoms with Gasteiger partial charge in [0, 0.05) is 0 Å². The van der Waals surface area contributed by atoms with E-state index in [1.54, 1.807) is 6.92 Å². The van der Waals surface area contributed by atoms with Crippen molar-refractivity contribution in [3.05, 3.63) is 47.7 Å². The fourth-order valence-electron chi connectivity index (χ4n) is 2.64. The molecule has 0 spiro atoms. The normalized spacial score (nSPS) is 10.5. The smallest absolute Gasteiger partial charge is 0.357 e. The Hall–Kier alpha value is -2.36. The maximum Gasteiger partial charge on any atom is 0.357 e. The Bertz CT molecular complexity index is 654. The van der Waals surface area contributed by atoms with Crippen LogP contribution in [0.3, 0.4) is 0 Å². The lowest BCUT2D eigenvalue weighted by molar-refractivity contribution is 0.0518. The maximum atomic E-state index is 12.3. The monoisotopic (exact) mass is 312 g/mol. The first-order valence-electron chi connectivity index (χ1n) is 8.19. The van der Waals surface area contributed by atoms with E-state index in [4.69, 9.17) is 10.5 Å². The highest BCUT2D eigenvalue weighted by atomic mass is 16.5. The van der Waals surface area contributed by atoms with Crippen LogP contribution in [0, 0.1) is 0 Å². The van der Waals surface area contributed by atoms with Gasteiger partial charge in [0.25, 0.3) is 0 Å². The van der Waals surface area contributed by atoms with E-state index in [-0.39, 0.29) is 0 Å². The maximum absolute atomic E-state index is 12.3. The average molecular weight is 312 g/mol. The van der Waals surface area contributed by atoms with Gasteiger partial charge in [-0.2, -0.15) is 0 Å². The van der Waals surface area contributed by atoms with Gasteiger partial charge in [0.15, 0.2) is 5.69 Å². The highest BCUT2D eigenvalue weighted by Crippen LogP contribution is 2.29. The second-order valence-electron chi connectivity index (χ2n) is 5.47. The van der Waals surface area contributed by atoms with Crippen LogP contribution < -0.4 is 5.73 Å². The SMILES string of the molecule is CCCCCc1c(-c2ccccc2)cc(N)nc1C(=O)OCC. The number of pyridine rings is 1. The van der Waals surface area contributed by atoms with Crippen molar-refractivity contribution in [2.75, 3.05) is 12.3 Å². The molecule has 23 heavy (non-hydrogen) atoms. The third-order valence-electron chi connectivity index (χ3n) is 3.73. The summed E-state index contributed by atoms with van der Waals surface area (Å²) in [5.41, 5.74) is 9.22. The van der Waals surface area contributed by atoms with E-state index in [0.717, 1.165) is 42.4 Å². The van der Waals surface area contributed by atoms with Crippen molar-refractivity contribution in [2.24, 2.45) is 0 Å². The minimum absolute atomic E-state index is 0.324. The summed E-state index contributed by atoms with van der Waals surface area (Å²) in [6, 6.07) is 11.8. The summed E-state index contributed by atoms with van der Waals surface area (Å²) in [5, 5.41) is 0. The van der Waals surface area contributed by atoms with Crippen molar-refractivity contribution in [1.29, 1.82) is 0 Å². The molecule has 2 rings (SSSR count). The van der Waals surface area contributed by atoms with Crippen LogP contribution in [-0.2, 0) is 11.2 Å². The molecule has 1 heterocycles. The standard InChI is InChI=1S/C19H24N2O2/c1-3-5-7-12-15-16(14-10-8-6-9-11-14)13-17(20)21-18(15)19(22)23-4-2/h6,8-11,13H,3-5,7,12H2,1-2H3,(H2,20,21). The fraction of sp³-hybridized carbons (Fsp3) is 0.368. The van der Waals surface area contributed by atoms with E-state index in [2.05, 4.69) is 11.9 Å². The van der Waals surface area contributed by atoms with Gasteiger partial charge in [-0.05, 0) is 42.5 Å². The van der Waals surface area contributed by atoms with Crippen molar-refractivity contribution in [3.63, 3.8) is 0 Å². The summed E-state index contributed by atoms with van der Waals surface area (Å²) in [4.78, 5) is 16.6. The molecule has 2 aromatic rings. The quantitative estimate of drug-likeness (QED) is 0.613. The molecular formula is C19H24N2O2. The first-order chi connectivity index (χ1) is 11.2. The Morgan fingerprint density at radius 3 is 2.57 bits per heavy atom. The predicted molar refractivity (Wildman–Crippen MR) is 93.3 cm³/mol. The molecule has 0 radical (unpaired) electrons. The molecule has 0 saturated heterocycles. The number of rotatable bonds is 7. The molecule has 4 heteroatoms. The van der Waals surface area contributed by atoms with E-state index in [1.807, 2.05) is 36.4 Å². The third-order valence-corrected chi connectivity index (χ3v) is 3.73. The summed E-state index contributed by atoms with van der Waals surface area (Å²) < 4.78 is 5.16. The van der Waals surface area contributed by atoms with Gasteiger partial charge in [0.1, 0.15) is 5.82 Å². The number of hydrogen-bond donors (Lipinski definition) is 1. The molecular weight excluding hydrogens is 288 g/mol. The number of nitrogen functional groups attached to an aromatic ring is 1. The lowest BCUT2D eigenvalue weighted by atomic mass is 9.94. The zero-order chi connectivity index (χ0) is 16.7. The number of carbonyl (C=O) groups is 1. The first kappa shape index (κ1) is 17.0. The zero-order valence-electron chi connectivity index (χ0n) is 13.8. The topological polar surface area (TPSA) is 65.2 Å². The van der Waals surface area contributed by atoms with Crippen LogP contribution in [-0.4, -0.2) is 17.6 Å². The van der Waals surface area contributed by atoms with E-state index >= 15 is 0 Å². The van der Waals surface area contributed by atoms with Crippen molar-refractivity contribution in [1.82, 2.24) is 4.98 Å². The molecule has 0 amide bonds. The molecule has 0 fully saturated rings. The number of carbonyl (C=O) groups excluding carboxylic acids is 1. The number of ether oxygens (including phenoxy) is 1. The van der Waals surface area contributed by atoms with Crippen LogP contribution in [0.25, 0.3) is 11.1 Å². The number of anilines is 1. The number of nitrogens with zero attached hydrogens (tertiary/aromatic N) is 1. The average Bonchev–Trinajstić information content (AvgIpc) is 2.56. The van der Waals surface area contributed by atoms with Crippen LogP contribution >= 0.6 is 0 Å². The number of nitrogens with two attached hydrogens (primary N) is 1. The van der Waals surface area contributed by atoms with Crippen molar-refractivity contribution < 1.29 is 9.53 Å². The Balaban J connectivity index is 2.52. The summed E-state index contributed by atoms with van der Waals surface area (Å²) in [5.74, 6) is -0.0605. The third kappa shape index (κ3) is 4.31. The molecule has 0 aliphatic rings. The number of aromatic nitrogens is 1. The van der Waals surface area contributed by atoms with Crippen molar-refractivity contribution >= 4 is 11.8 Å². The minimum atomic E-state index is -0.400. The van der Waals surface area contributed by atoms with E-state index in [1.165, 1.54) is 0 Å². The molecule has 2 N–H and O–H groups in total. The Labute approximate surface area is 137 Å². The molecule has 1 aromatic heterocycles. The molecule has 0 aliphatic heterocycles. The first-order valence-corrected chi connectivity index (χ1v) is 8.19. The predicted octanol–water partition coefficient (Wildman–Crippen LogP) is 4.24. The molecule has 0 aliphatic carbocycles. The van der Waals surface area contributed by atoms with Crippen LogP contribution in [0.4, 0.5) is 5.82 Å². The lowest BCUT2D eigenvalue weighted by Gasteiger charge is -2.15. The van der Waals surface area contributed by atoms with Gasteiger partial charge in [0.05, 0.1) is 6.61 Å². The van der Waals surface area contributed by atoms with Gasteiger partial charge in [-0.15, -0.1) is 0 Å². The zero-order valence-corrected chi connectivity index (χ0v) is 13.8. The minimum Gasteiger partial charge on any atom is -0.461 e. The Kier molecular flexibility index (Phi) is 6.15. The fourth-order valence-corrected chi connectivity index (χ4v) is 2.64. The van der Waals surface area contributed by atoms with Gasteiger partial charge in [-0.3, -0.25) is 0 Å². The van der Waals surface area contributed by atoms with E-state index < -0.39 is 5.97 Å². The highest BCUT2D eigenvalue weighted by molar-refractivity contribution is 5.92. The highest BCUT2D eigenvalue weighted by Gasteiger charge is 2.19. The van der Waals surface area contributed by atoms with Crippen LogP contribution in [0.1, 0.15) is 49.2 Å². The van der Waals surface area contributed by atoms with Gasteiger partial charge in [0.2, 0.25) is 0 Å². The van der Waals surface area contributed by atoms with Crippen LogP contribution in [0.2, 0.25) is 0 Å². The van der Waals surface area contributed by atoms with Gasteiger partial charge >= 0.3 is 5.97 Å². The molecule has 0 unspecified atom stereocenters. The van der Waals surface area contributed by atoms with Gasteiger partial charge in [-0.25, -0.2) is 9.78 Å². The summed E-state index contributed by atoms with van der Waals surface area (Å²) in [6.45, 7) is 4.27. The number of hydrogen-bond acceptors (Lipinski definition) is 4. The van der Waals surface area contributed by atoms with Gasteiger partial charge in [-0.1, -0.05) is 50.1 Å². The second kappa shape index (κ2) is 8.32. The Morgan fingerprint density at radius 2 is 1.91 bits per heavy atom. The number of esters is 1. The lowest BCUT2D eigenvalue weighted by Crippen LogP contribution is -2.13. The van der Waals surface area contributed by atoms with E-state index in [0.29, 0.717) is 18.1 Å². The molecule has 0 saturated carbocycles. The molecule has 0 atom stereocenters. The van der Waals surface area contributed by atoms with E-state index in [9.17, 15) is 4.79 Å². The molecule has 0 bridgehead atoms. The van der Waals surface area contributed by atoms with Crippen molar-refractivity contribution in [3.8, 4) is 11.1 Å². The van der Waals surface area contributed by atoms with Crippen LogP contribution in [0.15, 0.2) is 36.4 Å².